The van der Waals surface area contributed by atoms with E-state index in [0.29, 0.717) is 0 Å². The lowest BCUT2D eigenvalue weighted by Crippen LogP contribution is -2.29. The molecule has 0 atom stereocenters. The number of nitrogens with one attached hydrogen (secondary N) is 1. The second-order valence-electron chi connectivity index (χ2n) is 4.22. The van der Waals surface area contributed by atoms with Crippen LogP contribution in [0, 0.1) is 0 Å². The lowest BCUT2D eigenvalue weighted by atomic mass is 10.1. The Morgan fingerprint density at radius 1 is 1.41 bits per heavy atom. The largest absolute Gasteiger partial charge is 0.387 e. The van der Waals surface area contributed by atoms with E-state index < -0.39 is 0 Å². The van der Waals surface area contributed by atoms with Gasteiger partial charge < -0.3 is 10.2 Å². The maximum absolute atomic E-state index is 4.27. The molecule has 1 aliphatic heterocycles. The quantitative estimate of drug-likeness (QED) is 0.881. The molecule has 0 spiro atoms. The summed E-state index contributed by atoms with van der Waals surface area (Å²) in [5.74, 6) is 0. The van der Waals surface area contributed by atoms with Crippen molar-refractivity contribution in [3.05, 3.63) is 40.3 Å². The van der Waals surface area contributed by atoms with Crippen molar-refractivity contribution in [2.24, 2.45) is 0 Å². The Bertz CT molecular complexity index is 521. The maximum Gasteiger partial charge on any atom is 0.0576 e. The fourth-order valence-corrected chi connectivity index (χ4v) is 3.10. The average Bonchev–Trinajstić information content (AvgIpc) is 2.86. The van der Waals surface area contributed by atoms with Crippen molar-refractivity contribution in [3.8, 4) is 0 Å². The van der Waals surface area contributed by atoms with E-state index >= 15 is 0 Å². The molecule has 88 valence electrons. The van der Waals surface area contributed by atoms with Gasteiger partial charge in [0.2, 0.25) is 0 Å². The third kappa shape index (κ3) is 2.00. The molecule has 0 bridgehead atoms. The molecule has 3 rings (SSSR count). The molecule has 4 heteroatoms. The Hall–Kier alpha value is -1.55. The molecule has 3 nitrogen and oxygen atoms in total. The van der Waals surface area contributed by atoms with E-state index in [0.717, 1.165) is 25.2 Å². The third-order valence-electron chi connectivity index (χ3n) is 3.19. The van der Waals surface area contributed by atoms with E-state index in [2.05, 4.69) is 32.7 Å². The zero-order valence-electron chi connectivity index (χ0n) is 9.81. The van der Waals surface area contributed by atoms with Crippen LogP contribution in [0.2, 0.25) is 0 Å². The first-order chi connectivity index (χ1) is 8.36. The van der Waals surface area contributed by atoms with Gasteiger partial charge in [-0.15, -0.1) is 11.3 Å². The molecule has 0 aliphatic carbocycles. The van der Waals surface area contributed by atoms with Crippen LogP contribution < -0.4 is 10.2 Å². The summed E-state index contributed by atoms with van der Waals surface area (Å²) in [5.41, 5.74) is 3.74. The van der Waals surface area contributed by atoms with Crippen LogP contribution in [0.4, 0.5) is 11.4 Å². The van der Waals surface area contributed by atoms with Gasteiger partial charge in [-0.2, -0.15) is 0 Å². The molecule has 0 saturated heterocycles. The lowest BCUT2D eigenvalue weighted by Gasteiger charge is -2.28. The highest BCUT2D eigenvalue weighted by Crippen LogP contribution is 2.28. The van der Waals surface area contributed by atoms with Crippen LogP contribution in [0.15, 0.2) is 29.9 Å². The van der Waals surface area contributed by atoms with E-state index in [1.54, 1.807) is 4.88 Å². The van der Waals surface area contributed by atoms with Crippen LogP contribution in [0.25, 0.3) is 0 Å². The Kier molecular flexibility index (Phi) is 2.73. The van der Waals surface area contributed by atoms with Crippen LogP contribution >= 0.6 is 11.3 Å². The molecule has 0 saturated carbocycles. The maximum atomic E-state index is 4.27. The summed E-state index contributed by atoms with van der Waals surface area (Å²) < 4.78 is 0. The molecule has 2 aromatic rings. The lowest BCUT2D eigenvalue weighted by molar-refractivity contribution is 0.742. The third-order valence-corrected chi connectivity index (χ3v) is 4.21. The van der Waals surface area contributed by atoms with Gasteiger partial charge in [0.1, 0.15) is 0 Å². The number of rotatable bonds is 2. The summed E-state index contributed by atoms with van der Waals surface area (Å²) in [4.78, 5) is 8.21. The molecule has 0 fully saturated rings. The van der Waals surface area contributed by atoms with Crippen molar-refractivity contribution in [1.82, 2.24) is 4.98 Å². The van der Waals surface area contributed by atoms with Gasteiger partial charge in [-0.3, -0.25) is 4.98 Å². The predicted octanol–water partition coefficient (Wildman–Crippen LogP) is 2.75. The van der Waals surface area contributed by atoms with Gasteiger partial charge in [-0.25, -0.2) is 0 Å². The minimum atomic E-state index is 1.01. The molecule has 3 heterocycles. The topological polar surface area (TPSA) is 28.2 Å². The number of pyridine rings is 1. The van der Waals surface area contributed by atoms with Crippen LogP contribution in [0.3, 0.4) is 0 Å². The Labute approximate surface area is 105 Å². The van der Waals surface area contributed by atoms with Crippen molar-refractivity contribution in [3.63, 3.8) is 0 Å². The summed E-state index contributed by atoms with van der Waals surface area (Å²) >= 11 is 1.88. The zero-order chi connectivity index (χ0) is 11.7. The Morgan fingerprint density at radius 3 is 3.24 bits per heavy atom. The fourth-order valence-electron chi connectivity index (χ4n) is 2.21. The molecule has 0 unspecified atom stereocenters. The van der Waals surface area contributed by atoms with Crippen LogP contribution in [0.1, 0.15) is 10.4 Å². The minimum Gasteiger partial charge on any atom is -0.387 e. The van der Waals surface area contributed by atoms with E-state index in [4.69, 9.17) is 0 Å². The van der Waals surface area contributed by atoms with Crippen molar-refractivity contribution in [2.75, 3.05) is 23.8 Å². The number of thiophene rings is 1. The van der Waals surface area contributed by atoms with Crippen LogP contribution in [-0.4, -0.2) is 18.6 Å². The minimum absolute atomic E-state index is 1.01. The molecule has 0 aromatic carbocycles. The molecule has 0 amide bonds. The normalized spacial score (nSPS) is 14.5. The molecule has 0 radical (unpaired) electrons. The summed E-state index contributed by atoms with van der Waals surface area (Å²) in [6, 6.07) is 4.39. The van der Waals surface area contributed by atoms with Gasteiger partial charge in [-0.05, 0) is 29.5 Å². The molecule has 17 heavy (non-hydrogen) atoms. The van der Waals surface area contributed by atoms with E-state index in [-0.39, 0.29) is 0 Å². The van der Waals surface area contributed by atoms with Gasteiger partial charge in [0.25, 0.3) is 0 Å². The van der Waals surface area contributed by atoms with Gasteiger partial charge in [-0.1, -0.05) is 0 Å². The molecule has 1 N–H and O–H groups in total. The highest BCUT2D eigenvalue weighted by Gasteiger charge is 2.17. The van der Waals surface area contributed by atoms with Crippen molar-refractivity contribution in [2.45, 2.75) is 13.0 Å². The van der Waals surface area contributed by atoms with Gasteiger partial charge in [0.05, 0.1) is 23.8 Å². The van der Waals surface area contributed by atoms with Crippen LogP contribution in [0.5, 0.6) is 0 Å². The van der Waals surface area contributed by atoms with Crippen LogP contribution in [-0.2, 0) is 13.0 Å². The number of fused-ring (bicyclic) bond motifs is 1. The molecule has 2 aromatic heterocycles. The van der Waals surface area contributed by atoms with E-state index in [1.807, 2.05) is 30.8 Å². The van der Waals surface area contributed by atoms with Gasteiger partial charge in [0, 0.05) is 25.0 Å². The first kappa shape index (κ1) is 10.6. The number of hydrogen-bond acceptors (Lipinski definition) is 4. The smallest absolute Gasteiger partial charge is 0.0576 e. The average molecular weight is 245 g/mol. The summed E-state index contributed by atoms with van der Waals surface area (Å²) in [7, 11) is 1.92. The first-order valence-electron chi connectivity index (χ1n) is 5.80. The van der Waals surface area contributed by atoms with Crippen molar-refractivity contribution >= 4 is 22.7 Å². The first-order valence-corrected chi connectivity index (χ1v) is 6.68. The molecule has 1 aliphatic rings. The summed E-state index contributed by atoms with van der Waals surface area (Å²) in [6.45, 7) is 2.09. The predicted molar refractivity (Wildman–Crippen MR) is 72.9 cm³/mol. The molecular weight excluding hydrogens is 230 g/mol. The number of aromatic nitrogens is 1. The van der Waals surface area contributed by atoms with Crippen molar-refractivity contribution in [1.29, 1.82) is 0 Å². The highest BCUT2D eigenvalue weighted by molar-refractivity contribution is 7.10. The summed E-state index contributed by atoms with van der Waals surface area (Å²) in [5, 5.41) is 5.32. The van der Waals surface area contributed by atoms with E-state index in [1.165, 1.54) is 11.3 Å². The standard InChI is InChI=1S/C13H15N3S/c1-14-11-6-12(8-15-7-11)16-4-2-13-10(9-16)3-5-17-13/h3,5-8,14H,2,4,9H2,1H3. The monoisotopic (exact) mass is 245 g/mol. The van der Waals surface area contributed by atoms with Crippen molar-refractivity contribution < 1.29 is 0 Å². The number of nitrogens with zero attached hydrogens (tertiary/aromatic N) is 2. The highest BCUT2D eigenvalue weighted by atomic mass is 32.1. The number of anilines is 2. The Morgan fingerprint density at radius 2 is 2.35 bits per heavy atom. The SMILES string of the molecule is CNc1cncc(N2CCc3sccc3C2)c1. The second-order valence-corrected chi connectivity index (χ2v) is 5.22. The fraction of sp³-hybridized carbons (Fsp3) is 0.308. The molecular formula is C13H15N3S. The summed E-state index contributed by atoms with van der Waals surface area (Å²) in [6.07, 6.45) is 4.94. The zero-order valence-corrected chi connectivity index (χ0v) is 10.6. The van der Waals surface area contributed by atoms with E-state index in [9.17, 15) is 0 Å². The Balaban J connectivity index is 1.86. The van der Waals surface area contributed by atoms with Gasteiger partial charge in [0.15, 0.2) is 0 Å². The number of hydrogen-bond donors (Lipinski definition) is 1. The van der Waals surface area contributed by atoms with Gasteiger partial charge >= 0.3 is 0 Å². The second kappa shape index (κ2) is 4.37.